The average Bonchev–Trinajstić information content (AvgIpc) is 2.26. The third kappa shape index (κ3) is 3.34. The van der Waals surface area contributed by atoms with E-state index < -0.39 is 11.8 Å². The topological polar surface area (TPSA) is 59.4 Å². The maximum atomic E-state index is 12.8. The number of hydrogen-bond donors (Lipinski definition) is 1. The summed E-state index contributed by atoms with van der Waals surface area (Å²) in [6, 6.07) is 0.887. The summed E-state index contributed by atoms with van der Waals surface area (Å²) in [5, 5.41) is 8.79. The molecule has 1 rings (SSSR count). The predicted molar refractivity (Wildman–Crippen MR) is 56.1 cm³/mol. The van der Waals surface area contributed by atoms with E-state index in [0.29, 0.717) is 13.0 Å². The van der Waals surface area contributed by atoms with Crippen molar-refractivity contribution in [2.24, 2.45) is 0 Å². The molecule has 0 saturated heterocycles. The quantitative estimate of drug-likeness (QED) is 0.596. The van der Waals surface area contributed by atoms with Crippen LogP contribution in [0.4, 0.5) is 4.39 Å². The van der Waals surface area contributed by atoms with Gasteiger partial charge in [-0.05, 0) is 18.9 Å². The Morgan fingerprint density at radius 3 is 3.06 bits per heavy atom. The van der Waals surface area contributed by atoms with E-state index in [1.54, 1.807) is 6.08 Å². The Balaban J connectivity index is 2.71. The van der Waals surface area contributed by atoms with E-state index in [0.717, 1.165) is 18.7 Å². The molecule has 0 bridgehead atoms. The number of allylic oxidation sites excluding steroid dienone is 1. The maximum absolute atomic E-state index is 12.8. The van der Waals surface area contributed by atoms with Crippen LogP contribution >= 0.6 is 0 Å². The van der Waals surface area contributed by atoms with E-state index in [9.17, 15) is 9.18 Å². The fourth-order valence-electron chi connectivity index (χ4n) is 1.09. The molecule has 0 fully saturated rings. The molecule has 4 nitrogen and oxygen atoms in total. The highest BCUT2D eigenvalue weighted by Gasteiger charge is 2.13. The van der Waals surface area contributed by atoms with E-state index in [-0.39, 0.29) is 11.4 Å². The fourth-order valence-corrected chi connectivity index (χ4v) is 1.09. The molecule has 1 aromatic heterocycles. The minimum absolute atomic E-state index is 0.0574. The van der Waals surface area contributed by atoms with Gasteiger partial charge >= 0.3 is 5.97 Å². The zero-order valence-electron chi connectivity index (χ0n) is 8.65. The minimum atomic E-state index is -1.26. The van der Waals surface area contributed by atoms with E-state index in [4.69, 9.17) is 9.84 Å². The number of ether oxygens (including phenoxy) is 1. The second-order valence-corrected chi connectivity index (χ2v) is 3.09. The molecule has 0 amide bonds. The molecule has 0 atom stereocenters. The van der Waals surface area contributed by atoms with Gasteiger partial charge in [0.1, 0.15) is 11.4 Å². The highest BCUT2D eigenvalue weighted by molar-refractivity contribution is 5.90. The van der Waals surface area contributed by atoms with E-state index in [1.807, 2.05) is 0 Å². The molecular weight excluding hydrogens is 213 g/mol. The number of aromatic nitrogens is 1. The summed E-state index contributed by atoms with van der Waals surface area (Å²) in [7, 11) is 0. The number of halogens is 1. The molecule has 1 aromatic rings. The van der Waals surface area contributed by atoms with Crippen LogP contribution < -0.4 is 4.74 Å². The number of pyridine rings is 1. The maximum Gasteiger partial charge on any atom is 0.341 e. The smallest absolute Gasteiger partial charge is 0.341 e. The molecule has 0 aliphatic carbocycles. The molecule has 0 radical (unpaired) electrons. The van der Waals surface area contributed by atoms with Gasteiger partial charge in [-0.2, -0.15) is 0 Å². The van der Waals surface area contributed by atoms with Crippen molar-refractivity contribution in [2.75, 3.05) is 6.61 Å². The number of carboxylic acid groups (broad SMARTS) is 1. The lowest BCUT2D eigenvalue weighted by atomic mass is 10.2. The van der Waals surface area contributed by atoms with Crippen molar-refractivity contribution in [3.63, 3.8) is 0 Å². The molecule has 1 heterocycles. The van der Waals surface area contributed by atoms with Crippen LogP contribution in [-0.2, 0) is 0 Å². The number of rotatable bonds is 6. The summed E-state index contributed by atoms with van der Waals surface area (Å²) in [4.78, 5) is 14.4. The summed E-state index contributed by atoms with van der Waals surface area (Å²) in [6.45, 7) is 3.87. The molecule has 0 aliphatic rings. The average molecular weight is 225 g/mol. The largest absolute Gasteiger partial charge is 0.477 e. The molecular formula is C11H12FNO3. The minimum Gasteiger partial charge on any atom is -0.477 e. The molecule has 5 heteroatoms. The first kappa shape index (κ1) is 12.2. The molecule has 0 saturated carbocycles. The molecule has 86 valence electrons. The highest BCUT2D eigenvalue weighted by atomic mass is 19.1. The van der Waals surface area contributed by atoms with Gasteiger partial charge in [-0.1, -0.05) is 6.08 Å². The number of carboxylic acids is 1. The van der Waals surface area contributed by atoms with Crippen LogP contribution in [0.15, 0.2) is 24.9 Å². The van der Waals surface area contributed by atoms with E-state index in [1.165, 1.54) is 0 Å². The van der Waals surface area contributed by atoms with E-state index in [2.05, 4.69) is 11.6 Å². The SMILES string of the molecule is C=CCCCOc1ncc(F)cc1C(=O)O. The summed E-state index contributed by atoms with van der Waals surface area (Å²) in [5.41, 5.74) is -0.265. The van der Waals surface area contributed by atoms with Gasteiger partial charge in [-0.3, -0.25) is 0 Å². The first-order valence-corrected chi connectivity index (χ1v) is 4.77. The Morgan fingerprint density at radius 1 is 1.69 bits per heavy atom. The predicted octanol–water partition coefficient (Wildman–Crippen LogP) is 2.26. The van der Waals surface area contributed by atoms with Gasteiger partial charge in [0.25, 0.3) is 0 Å². The van der Waals surface area contributed by atoms with Crippen molar-refractivity contribution < 1.29 is 19.0 Å². The summed E-state index contributed by atoms with van der Waals surface area (Å²) in [5.74, 6) is -2.01. The highest BCUT2D eigenvalue weighted by Crippen LogP contribution is 2.16. The number of unbranched alkanes of at least 4 members (excludes halogenated alkanes) is 1. The van der Waals surface area contributed by atoms with Crippen molar-refractivity contribution >= 4 is 5.97 Å². The van der Waals surface area contributed by atoms with Gasteiger partial charge in [0.05, 0.1) is 12.8 Å². The summed E-state index contributed by atoms with van der Waals surface area (Å²) < 4.78 is 17.9. The van der Waals surface area contributed by atoms with Gasteiger partial charge < -0.3 is 9.84 Å². The van der Waals surface area contributed by atoms with Gasteiger partial charge in [0, 0.05) is 0 Å². The number of nitrogens with zero attached hydrogens (tertiary/aromatic N) is 1. The first-order chi connectivity index (χ1) is 7.65. The second-order valence-electron chi connectivity index (χ2n) is 3.09. The molecule has 0 aromatic carbocycles. The Bertz CT molecular complexity index is 393. The van der Waals surface area contributed by atoms with Crippen molar-refractivity contribution in [1.29, 1.82) is 0 Å². The lowest BCUT2D eigenvalue weighted by Crippen LogP contribution is -2.06. The molecule has 0 spiro atoms. The molecule has 0 aliphatic heterocycles. The number of aromatic carboxylic acids is 1. The standard InChI is InChI=1S/C11H12FNO3/c1-2-3-4-5-16-10-9(11(14)15)6-8(12)7-13-10/h2,6-7H,1,3-5H2,(H,14,15). The lowest BCUT2D eigenvalue weighted by Gasteiger charge is -2.06. The Kier molecular flexibility index (Phi) is 4.44. The Morgan fingerprint density at radius 2 is 2.44 bits per heavy atom. The third-order valence-corrected chi connectivity index (χ3v) is 1.84. The summed E-state index contributed by atoms with van der Waals surface area (Å²) in [6.07, 6.45) is 4.14. The number of carbonyl (C=O) groups is 1. The fraction of sp³-hybridized carbons (Fsp3) is 0.273. The van der Waals surface area contributed by atoms with Crippen LogP contribution in [0.25, 0.3) is 0 Å². The Hall–Kier alpha value is -1.91. The third-order valence-electron chi connectivity index (χ3n) is 1.84. The van der Waals surface area contributed by atoms with Crippen molar-refractivity contribution in [1.82, 2.24) is 4.98 Å². The van der Waals surface area contributed by atoms with Crippen molar-refractivity contribution in [3.05, 3.63) is 36.3 Å². The second kappa shape index (κ2) is 5.85. The van der Waals surface area contributed by atoms with Crippen LogP contribution in [0.2, 0.25) is 0 Å². The van der Waals surface area contributed by atoms with Crippen LogP contribution in [0.5, 0.6) is 5.88 Å². The van der Waals surface area contributed by atoms with Crippen molar-refractivity contribution in [2.45, 2.75) is 12.8 Å². The van der Waals surface area contributed by atoms with Gasteiger partial charge in [-0.15, -0.1) is 6.58 Å². The zero-order chi connectivity index (χ0) is 12.0. The van der Waals surface area contributed by atoms with Gasteiger partial charge in [-0.25, -0.2) is 14.2 Å². The zero-order valence-corrected chi connectivity index (χ0v) is 8.65. The monoisotopic (exact) mass is 225 g/mol. The van der Waals surface area contributed by atoms with Crippen LogP contribution in [0.1, 0.15) is 23.2 Å². The normalized spacial score (nSPS) is 9.81. The first-order valence-electron chi connectivity index (χ1n) is 4.77. The lowest BCUT2D eigenvalue weighted by molar-refractivity contribution is 0.0690. The molecule has 1 N–H and O–H groups in total. The van der Waals surface area contributed by atoms with Gasteiger partial charge in [0.2, 0.25) is 5.88 Å². The summed E-state index contributed by atoms with van der Waals surface area (Å²) >= 11 is 0. The van der Waals surface area contributed by atoms with Crippen LogP contribution in [-0.4, -0.2) is 22.7 Å². The Labute approximate surface area is 92.4 Å². The van der Waals surface area contributed by atoms with Gasteiger partial charge in [0.15, 0.2) is 0 Å². The number of hydrogen-bond acceptors (Lipinski definition) is 3. The molecule has 16 heavy (non-hydrogen) atoms. The van der Waals surface area contributed by atoms with Crippen LogP contribution in [0.3, 0.4) is 0 Å². The van der Waals surface area contributed by atoms with Crippen LogP contribution in [0, 0.1) is 5.82 Å². The van der Waals surface area contributed by atoms with E-state index >= 15 is 0 Å². The molecule has 0 unspecified atom stereocenters. The van der Waals surface area contributed by atoms with Crippen molar-refractivity contribution in [3.8, 4) is 5.88 Å².